The van der Waals surface area contributed by atoms with Gasteiger partial charge in [0, 0.05) is 18.7 Å². The van der Waals surface area contributed by atoms with Crippen LogP contribution in [0, 0.1) is 0 Å². The van der Waals surface area contributed by atoms with E-state index >= 15 is 0 Å². The van der Waals surface area contributed by atoms with Crippen LogP contribution in [0.3, 0.4) is 0 Å². The van der Waals surface area contributed by atoms with Crippen molar-refractivity contribution < 1.29 is 23.1 Å². The molecule has 0 atom stereocenters. The molecule has 0 aliphatic carbocycles. The lowest BCUT2D eigenvalue weighted by atomic mass is 9.84. The third-order valence-corrected chi connectivity index (χ3v) is 3.82. The molecule has 1 amide bonds. The summed E-state index contributed by atoms with van der Waals surface area (Å²) in [5.74, 6) is 0. The molecule has 1 heterocycles. The summed E-state index contributed by atoms with van der Waals surface area (Å²) >= 11 is 3.73. The van der Waals surface area contributed by atoms with Crippen molar-refractivity contribution in [1.82, 2.24) is 4.90 Å². The molecule has 1 aliphatic heterocycles. The van der Waals surface area contributed by atoms with Gasteiger partial charge in [-0.25, -0.2) is 8.78 Å². The number of alkyl halides is 3. The number of rotatable bonds is 2. The standard InChI is InChI=1S/C13H15F2NO2S.CH3F/c14-11(15)9-2-1-3-10(8-9)13(18)4-6-16(7-5-13)12(17)19;1-2/h1-3,8,11,18H,4-7H2,(H,17,19);1H3. The summed E-state index contributed by atoms with van der Waals surface area (Å²) in [6.07, 6.45) is -1.90. The Bertz CT molecular complexity index is 477. The summed E-state index contributed by atoms with van der Waals surface area (Å²) < 4.78 is 34.8. The van der Waals surface area contributed by atoms with E-state index in [-0.39, 0.29) is 10.8 Å². The van der Waals surface area contributed by atoms with Gasteiger partial charge in [-0.3, -0.25) is 9.18 Å². The van der Waals surface area contributed by atoms with Gasteiger partial charge in [0.05, 0.1) is 12.8 Å². The van der Waals surface area contributed by atoms with Crippen molar-refractivity contribution in [3.05, 3.63) is 35.4 Å². The second kappa shape index (κ2) is 7.70. The number of amides is 1. The Hall–Kier alpha value is -1.21. The lowest BCUT2D eigenvalue weighted by Crippen LogP contribution is -2.43. The molecule has 1 saturated heterocycles. The number of carbonyl (C=O) groups excluding carboxylic acids is 1. The highest BCUT2D eigenvalue weighted by Gasteiger charge is 2.35. The fourth-order valence-electron chi connectivity index (χ4n) is 2.32. The van der Waals surface area contributed by atoms with Crippen molar-refractivity contribution in [2.24, 2.45) is 0 Å². The van der Waals surface area contributed by atoms with Crippen molar-refractivity contribution in [1.29, 1.82) is 0 Å². The van der Waals surface area contributed by atoms with E-state index in [9.17, 15) is 23.1 Å². The van der Waals surface area contributed by atoms with Gasteiger partial charge in [0.25, 0.3) is 11.7 Å². The fraction of sp³-hybridized carbons (Fsp3) is 0.500. The molecule has 118 valence electrons. The van der Waals surface area contributed by atoms with Gasteiger partial charge in [-0.05, 0) is 24.5 Å². The first-order chi connectivity index (χ1) is 9.92. The van der Waals surface area contributed by atoms with Crippen LogP contribution in [0.2, 0.25) is 0 Å². The number of piperidine rings is 1. The first kappa shape index (κ1) is 17.8. The summed E-state index contributed by atoms with van der Waals surface area (Å²) in [6, 6.07) is 5.84. The van der Waals surface area contributed by atoms with E-state index in [4.69, 9.17) is 0 Å². The number of benzene rings is 1. The molecule has 0 unspecified atom stereocenters. The van der Waals surface area contributed by atoms with Gasteiger partial charge >= 0.3 is 0 Å². The molecule has 0 aromatic heterocycles. The van der Waals surface area contributed by atoms with Crippen molar-refractivity contribution in [2.75, 3.05) is 20.3 Å². The van der Waals surface area contributed by atoms with Gasteiger partial charge in [0.1, 0.15) is 0 Å². The maximum absolute atomic E-state index is 12.7. The van der Waals surface area contributed by atoms with E-state index in [1.807, 2.05) is 0 Å². The van der Waals surface area contributed by atoms with Crippen LogP contribution in [0.1, 0.15) is 30.4 Å². The highest BCUT2D eigenvalue weighted by Crippen LogP contribution is 2.34. The predicted octanol–water partition coefficient (Wildman–Crippen LogP) is 3.54. The van der Waals surface area contributed by atoms with Crippen LogP contribution in [0.5, 0.6) is 0 Å². The van der Waals surface area contributed by atoms with E-state index in [2.05, 4.69) is 12.6 Å². The Labute approximate surface area is 127 Å². The Morgan fingerprint density at radius 2 is 1.90 bits per heavy atom. The van der Waals surface area contributed by atoms with Crippen molar-refractivity contribution in [2.45, 2.75) is 24.9 Å². The van der Waals surface area contributed by atoms with Gasteiger partial charge in [0.2, 0.25) is 0 Å². The van der Waals surface area contributed by atoms with Crippen molar-refractivity contribution in [3.8, 4) is 0 Å². The zero-order valence-electron chi connectivity index (χ0n) is 11.6. The number of nitrogens with zero attached hydrogens (tertiary/aromatic N) is 1. The summed E-state index contributed by atoms with van der Waals surface area (Å²) in [5.41, 5.74) is -0.764. The molecular weight excluding hydrogens is 303 g/mol. The molecule has 1 N–H and O–H groups in total. The Morgan fingerprint density at radius 1 is 1.33 bits per heavy atom. The van der Waals surface area contributed by atoms with Crippen molar-refractivity contribution in [3.63, 3.8) is 0 Å². The van der Waals surface area contributed by atoms with Crippen LogP contribution in [-0.2, 0) is 5.60 Å². The smallest absolute Gasteiger partial charge is 0.278 e. The normalized spacial score (nSPS) is 17.2. The first-order valence-electron chi connectivity index (χ1n) is 6.39. The molecule has 1 fully saturated rings. The number of halogens is 3. The molecular formula is C14H18F3NO2S. The van der Waals surface area contributed by atoms with Crippen LogP contribution in [0.4, 0.5) is 18.0 Å². The summed E-state index contributed by atoms with van der Waals surface area (Å²) in [5, 5.41) is 10.2. The number of thiol groups is 1. The molecule has 0 saturated carbocycles. The van der Waals surface area contributed by atoms with E-state index < -0.39 is 12.0 Å². The van der Waals surface area contributed by atoms with Crippen LogP contribution >= 0.6 is 12.6 Å². The lowest BCUT2D eigenvalue weighted by molar-refractivity contribution is -0.0148. The zero-order chi connectivity index (χ0) is 16.0. The Morgan fingerprint density at radius 3 is 2.38 bits per heavy atom. The number of aliphatic hydroxyl groups is 1. The minimum absolute atomic E-state index is 0.0985. The molecule has 0 bridgehead atoms. The monoisotopic (exact) mass is 321 g/mol. The maximum Gasteiger partial charge on any atom is 0.278 e. The van der Waals surface area contributed by atoms with E-state index in [1.165, 1.54) is 23.1 Å². The second-order valence-electron chi connectivity index (χ2n) is 4.73. The van der Waals surface area contributed by atoms with E-state index in [1.54, 1.807) is 6.07 Å². The number of hydrogen-bond acceptors (Lipinski definition) is 2. The van der Waals surface area contributed by atoms with E-state index in [0.29, 0.717) is 38.7 Å². The second-order valence-corrected chi connectivity index (χ2v) is 5.11. The van der Waals surface area contributed by atoms with Crippen LogP contribution in [0.25, 0.3) is 0 Å². The van der Waals surface area contributed by atoms with Crippen LogP contribution in [-0.4, -0.2) is 35.5 Å². The predicted molar refractivity (Wildman–Crippen MR) is 77.5 cm³/mol. The zero-order valence-corrected chi connectivity index (χ0v) is 12.5. The number of likely N-dealkylation sites (tertiary alicyclic amines) is 1. The fourth-order valence-corrected chi connectivity index (χ4v) is 2.52. The molecule has 1 aromatic carbocycles. The molecule has 21 heavy (non-hydrogen) atoms. The quantitative estimate of drug-likeness (QED) is 0.818. The van der Waals surface area contributed by atoms with Gasteiger partial charge < -0.3 is 10.0 Å². The minimum Gasteiger partial charge on any atom is -0.385 e. The average molecular weight is 321 g/mol. The van der Waals surface area contributed by atoms with Gasteiger partial charge in [-0.15, -0.1) is 0 Å². The largest absolute Gasteiger partial charge is 0.385 e. The highest BCUT2D eigenvalue weighted by molar-refractivity contribution is 7.96. The Kier molecular flexibility index (Phi) is 6.54. The molecule has 0 spiro atoms. The van der Waals surface area contributed by atoms with Crippen LogP contribution in [0.15, 0.2) is 24.3 Å². The van der Waals surface area contributed by atoms with Gasteiger partial charge in [-0.1, -0.05) is 30.8 Å². The van der Waals surface area contributed by atoms with Crippen molar-refractivity contribution >= 4 is 17.9 Å². The van der Waals surface area contributed by atoms with E-state index in [0.717, 1.165) is 0 Å². The average Bonchev–Trinajstić information content (AvgIpc) is 2.50. The minimum atomic E-state index is -2.55. The number of hydrogen-bond donors (Lipinski definition) is 2. The summed E-state index contributed by atoms with van der Waals surface area (Å²) in [7, 11) is 0.500. The third-order valence-electron chi connectivity index (χ3n) is 3.54. The number of carbonyl (C=O) groups is 1. The highest BCUT2D eigenvalue weighted by atomic mass is 32.1. The van der Waals surface area contributed by atoms with Crippen LogP contribution < -0.4 is 0 Å². The first-order valence-corrected chi connectivity index (χ1v) is 6.84. The lowest BCUT2D eigenvalue weighted by Gasteiger charge is -2.38. The molecule has 2 rings (SSSR count). The third kappa shape index (κ3) is 4.38. The Balaban J connectivity index is 0.00000106. The summed E-state index contributed by atoms with van der Waals surface area (Å²) in [6.45, 7) is 0.746. The molecule has 1 aliphatic rings. The topological polar surface area (TPSA) is 40.5 Å². The molecule has 1 aromatic rings. The molecule has 0 radical (unpaired) electrons. The van der Waals surface area contributed by atoms with Gasteiger partial charge in [-0.2, -0.15) is 0 Å². The SMILES string of the molecule is CF.O=C(S)N1CCC(O)(c2cccc(C(F)F)c2)CC1. The molecule has 7 heteroatoms. The maximum atomic E-state index is 12.7. The molecule has 3 nitrogen and oxygen atoms in total. The van der Waals surface area contributed by atoms with Gasteiger partial charge in [0.15, 0.2) is 0 Å². The summed E-state index contributed by atoms with van der Waals surface area (Å²) in [4.78, 5) is 12.6.